The predicted molar refractivity (Wildman–Crippen MR) is 96.9 cm³/mol. The minimum atomic E-state index is -3.82. The molecule has 0 atom stereocenters. The van der Waals surface area contributed by atoms with Gasteiger partial charge in [0.05, 0.1) is 14.2 Å². The highest BCUT2D eigenvalue weighted by atomic mass is 79.9. The average Bonchev–Trinajstić information content (AvgIpc) is 2.59. The first-order valence-electron chi connectivity index (χ1n) is 7.49. The molecule has 5 nitrogen and oxygen atoms in total. The Morgan fingerprint density at radius 2 is 1.72 bits per heavy atom. The number of rotatable bonds is 7. The molecule has 0 aliphatic rings. The minimum absolute atomic E-state index is 0.0371. The van der Waals surface area contributed by atoms with E-state index in [4.69, 9.17) is 9.47 Å². The van der Waals surface area contributed by atoms with E-state index in [1.165, 1.54) is 36.7 Å². The van der Waals surface area contributed by atoms with Gasteiger partial charge in [-0.1, -0.05) is 28.9 Å². The molecule has 0 saturated carbocycles. The maximum atomic E-state index is 13.9. The summed E-state index contributed by atoms with van der Waals surface area (Å²) < 4.78 is 51.9. The van der Waals surface area contributed by atoms with Crippen LogP contribution < -0.4 is 9.47 Å². The van der Waals surface area contributed by atoms with Gasteiger partial charge in [-0.25, -0.2) is 12.8 Å². The van der Waals surface area contributed by atoms with Crippen LogP contribution in [0.3, 0.4) is 0 Å². The number of hydrogen-bond donors (Lipinski definition) is 0. The first-order chi connectivity index (χ1) is 11.8. The summed E-state index contributed by atoms with van der Waals surface area (Å²) in [7, 11) is -1.03. The van der Waals surface area contributed by atoms with Crippen LogP contribution in [0.25, 0.3) is 0 Å². The fraction of sp³-hybridized carbons (Fsp3) is 0.294. The Bertz CT molecular complexity index is 858. The first kappa shape index (κ1) is 19.7. The van der Waals surface area contributed by atoms with Crippen molar-refractivity contribution in [1.29, 1.82) is 0 Å². The van der Waals surface area contributed by atoms with Crippen molar-refractivity contribution in [3.8, 4) is 11.5 Å². The zero-order valence-electron chi connectivity index (χ0n) is 14.1. The molecule has 0 aliphatic carbocycles. The molecule has 2 aromatic rings. The van der Waals surface area contributed by atoms with Gasteiger partial charge in [0.15, 0.2) is 11.6 Å². The maximum Gasteiger partial charge on any atom is 0.247 e. The van der Waals surface area contributed by atoms with E-state index in [0.717, 1.165) is 0 Å². The van der Waals surface area contributed by atoms with Crippen molar-refractivity contribution in [2.24, 2.45) is 0 Å². The zero-order chi connectivity index (χ0) is 18.6. The van der Waals surface area contributed by atoms with Crippen molar-refractivity contribution in [2.75, 3.05) is 20.8 Å². The van der Waals surface area contributed by atoms with Crippen LogP contribution in [0.5, 0.6) is 11.5 Å². The summed E-state index contributed by atoms with van der Waals surface area (Å²) in [6.45, 7) is 1.99. The second kappa shape index (κ2) is 8.16. The molecule has 0 amide bonds. The largest absolute Gasteiger partial charge is 0.495 e. The van der Waals surface area contributed by atoms with Crippen LogP contribution in [0.2, 0.25) is 0 Å². The summed E-state index contributed by atoms with van der Waals surface area (Å²) in [6, 6.07) is 9.16. The summed E-state index contributed by atoms with van der Waals surface area (Å²) in [5.41, 5.74) is 0.526. The number of methoxy groups -OCH3 is 2. The normalized spacial score (nSPS) is 11.6. The third-order valence-electron chi connectivity index (χ3n) is 3.67. The molecule has 25 heavy (non-hydrogen) atoms. The number of nitrogens with zero attached hydrogens (tertiary/aromatic N) is 1. The maximum absolute atomic E-state index is 13.9. The average molecular weight is 432 g/mol. The molecular weight excluding hydrogens is 413 g/mol. The van der Waals surface area contributed by atoms with Crippen molar-refractivity contribution in [3.63, 3.8) is 0 Å². The zero-order valence-corrected chi connectivity index (χ0v) is 16.5. The van der Waals surface area contributed by atoms with E-state index < -0.39 is 15.8 Å². The molecule has 0 aromatic heterocycles. The first-order valence-corrected chi connectivity index (χ1v) is 9.72. The van der Waals surface area contributed by atoms with Crippen LogP contribution >= 0.6 is 15.9 Å². The lowest BCUT2D eigenvalue weighted by Gasteiger charge is -2.22. The molecule has 0 spiro atoms. The van der Waals surface area contributed by atoms with Crippen molar-refractivity contribution >= 4 is 26.0 Å². The standard InChI is InChI=1S/C17H19BrFNO4S/c1-4-20(11-12-5-7-15(23-2)14(19)9-12)25(21,22)17-10-13(18)6-8-16(17)24-3/h5-10H,4,11H2,1-3H3. The van der Waals surface area contributed by atoms with Gasteiger partial charge in [-0.15, -0.1) is 0 Å². The molecule has 8 heteroatoms. The van der Waals surface area contributed by atoms with Gasteiger partial charge < -0.3 is 9.47 Å². The van der Waals surface area contributed by atoms with Crippen LogP contribution in [0, 0.1) is 5.82 Å². The summed E-state index contributed by atoms with van der Waals surface area (Å²) >= 11 is 3.28. The number of ether oxygens (including phenoxy) is 2. The van der Waals surface area contributed by atoms with Crippen LogP contribution in [0.15, 0.2) is 45.8 Å². The van der Waals surface area contributed by atoms with E-state index in [1.807, 2.05) is 0 Å². The lowest BCUT2D eigenvalue weighted by molar-refractivity contribution is 0.382. The molecule has 0 bridgehead atoms. The molecule has 0 unspecified atom stereocenters. The van der Waals surface area contributed by atoms with E-state index in [9.17, 15) is 12.8 Å². The van der Waals surface area contributed by atoms with Gasteiger partial charge in [-0.2, -0.15) is 4.31 Å². The van der Waals surface area contributed by atoms with Crippen molar-refractivity contribution in [1.82, 2.24) is 4.31 Å². The fourth-order valence-corrected chi connectivity index (χ4v) is 4.50. The van der Waals surface area contributed by atoms with Gasteiger partial charge in [0.1, 0.15) is 10.6 Å². The molecule has 0 fully saturated rings. The van der Waals surface area contributed by atoms with E-state index in [1.54, 1.807) is 25.1 Å². The van der Waals surface area contributed by atoms with E-state index in [2.05, 4.69) is 15.9 Å². The van der Waals surface area contributed by atoms with E-state index in [0.29, 0.717) is 10.0 Å². The van der Waals surface area contributed by atoms with Gasteiger partial charge >= 0.3 is 0 Å². The summed E-state index contributed by atoms with van der Waals surface area (Å²) in [6.07, 6.45) is 0. The Morgan fingerprint density at radius 1 is 1.08 bits per heavy atom. The Hall–Kier alpha value is -1.64. The molecule has 2 rings (SSSR count). The smallest absolute Gasteiger partial charge is 0.247 e. The summed E-state index contributed by atoms with van der Waals surface area (Å²) in [5.74, 6) is -0.167. The third kappa shape index (κ3) is 4.31. The Balaban J connectivity index is 2.39. The predicted octanol–water partition coefficient (Wildman–Crippen LogP) is 3.82. The molecule has 136 valence electrons. The lowest BCUT2D eigenvalue weighted by atomic mass is 10.2. The lowest BCUT2D eigenvalue weighted by Crippen LogP contribution is -2.30. The highest BCUT2D eigenvalue weighted by Gasteiger charge is 2.27. The van der Waals surface area contributed by atoms with E-state index >= 15 is 0 Å². The van der Waals surface area contributed by atoms with Crippen LogP contribution in [-0.4, -0.2) is 33.5 Å². The van der Waals surface area contributed by atoms with Gasteiger partial charge in [0, 0.05) is 17.6 Å². The Labute approximate surface area is 155 Å². The monoisotopic (exact) mass is 431 g/mol. The molecule has 0 N–H and O–H groups in total. The molecule has 0 radical (unpaired) electrons. The molecule has 2 aromatic carbocycles. The van der Waals surface area contributed by atoms with Crippen LogP contribution in [-0.2, 0) is 16.6 Å². The second-order valence-electron chi connectivity index (χ2n) is 5.20. The third-order valence-corrected chi connectivity index (χ3v) is 6.11. The van der Waals surface area contributed by atoms with Crippen molar-refractivity contribution < 1.29 is 22.3 Å². The molecule has 0 aliphatic heterocycles. The highest BCUT2D eigenvalue weighted by molar-refractivity contribution is 9.10. The quantitative estimate of drug-likeness (QED) is 0.668. The fourth-order valence-electron chi connectivity index (χ4n) is 2.37. The van der Waals surface area contributed by atoms with Crippen LogP contribution in [0.1, 0.15) is 12.5 Å². The number of halogens is 2. The minimum Gasteiger partial charge on any atom is -0.495 e. The topological polar surface area (TPSA) is 55.8 Å². The van der Waals surface area contributed by atoms with Gasteiger partial charge in [0.2, 0.25) is 10.0 Å². The summed E-state index contributed by atoms with van der Waals surface area (Å²) in [5, 5.41) is 0. The SMILES string of the molecule is CCN(Cc1ccc(OC)c(F)c1)S(=O)(=O)c1cc(Br)ccc1OC. The molecule has 0 saturated heterocycles. The van der Waals surface area contributed by atoms with Gasteiger partial charge in [0.25, 0.3) is 0 Å². The van der Waals surface area contributed by atoms with Crippen molar-refractivity contribution in [3.05, 3.63) is 52.3 Å². The number of sulfonamides is 1. The van der Waals surface area contributed by atoms with Gasteiger partial charge in [-0.05, 0) is 35.9 Å². The summed E-state index contributed by atoms with van der Waals surface area (Å²) in [4.78, 5) is 0.0557. The second-order valence-corrected chi connectivity index (χ2v) is 8.02. The molecule has 0 heterocycles. The highest BCUT2D eigenvalue weighted by Crippen LogP contribution is 2.30. The van der Waals surface area contributed by atoms with Gasteiger partial charge in [-0.3, -0.25) is 0 Å². The van der Waals surface area contributed by atoms with Crippen molar-refractivity contribution in [2.45, 2.75) is 18.4 Å². The van der Waals surface area contributed by atoms with E-state index in [-0.39, 0.29) is 29.5 Å². The number of hydrogen-bond acceptors (Lipinski definition) is 4. The Kier molecular flexibility index (Phi) is 6.42. The number of benzene rings is 2. The Morgan fingerprint density at radius 3 is 2.28 bits per heavy atom. The van der Waals surface area contributed by atoms with Crippen LogP contribution in [0.4, 0.5) is 4.39 Å². The molecular formula is C17H19BrFNO4S.